The van der Waals surface area contributed by atoms with Gasteiger partial charge in [0.2, 0.25) is 0 Å². The van der Waals surface area contributed by atoms with Crippen molar-refractivity contribution < 1.29 is 0 Å². The zero-order valence-electron chi connectivity index (χ0n) is 13.4. The number of hydrogen-bond acceptors (Lipinski definition) is 3. The average molecular weight is 267 g/mol. The predicted octanol–water partition coefficient (Wildman–Crippen LogP) is 2.17. The van der Waals surface area contributed by atoms with E-state index >= 15 is 0 Å². The molecule has 1 saturated carbocycles. The molecule has 0 radical (unpaired) electrons. The van der Waals surface area contributed by atoms with Gasteiger partial charge in [0, 0.05) is 38.3 Å². The second-order valence-electron chi connectivity index (χ2n) is 7.70. The van der Waals surface area contributed by atoms with Crippen molar-refractivity contribution in [3.8, 4) is 0 Å². The highest BCUT2D eigenvalue weighted by Gasteiger charge is 2.46. The molecule has 2 rings (SSSR count). The van der Waals surface area contributed by atoms with Gasteiger partial charge in [-0.05, 0) is 37.1 Å². The summed E-state index contributed by atoms with van der Waals surface area (Å²) in [6, 6.07) is 0. The summed E-state index contributed by atoms with van der Waals surface area (Å²) in [6.45, 7) is 16.4. The maximum Gasteiger partial charge on any atom is 0.0340 e. The maximum absolute atomic E-state index is 6.26. The zero-order valence-corrected chi connectivity index (χ0v) is 13.4. The molecule has 0 aromatic heterocycles. The third-order valence-electron chi connectivity index (χ3n) is 5.31. The fourth-order valence-corrected chi connectivity index (χ4v) is 4.76. The summed E-state index contributed by atoms with van der Waals surface area (Å²) in [5.74, 6) is 0.802. The molecule has 112 valence electrons. The first-order chi connectivity index (χ1) is 8.91. The first kappa shape index (κ1) is 15.3. The molecule has 0 amide bonds. The Bertz CT molecular complexity index is 294. The van der Waals surface area contributed by atoms with Crippen LogP contribution in [0.15, 0.2) is 0 Å². The van der Waals surface area contributed by atoms with Gasteiger partial charge in [0.1, 0.15) is 0 Å². The molecule has 2 aliphatic rings. The van der Waals surface area contributed by atoms with Gasteiger partial charge < -0.3 is 10.6 Å². The minimum atomic E-state index is 0.265. The van der Waals surface area contributed by atoms with Gasteiger partial charge >= 0.3 is 0 Å². The van der Waals surface area contributed by atoms with Crippen LogP contribution in [0.1, 0.15) is 47.0 Å². The van der Waals surface area contributed by atoms with Gasteiger partial charge in [-0.2, -0.15) is 0 Å². The van der Waals surface area contributed by atoms with E-state index in [0.29, 0.717) is 5.41 Å². The van der Waals surface area contributed by atoms with Gasteiger partial charge in [0.25, 0.3) is 0 Å². The van der Waals surface area contributed by atoms with E-state index in [-0.39, 0.29) is 5.54 Å². The van der Waals surface area contributed by atoms with Crippen LogP contribution in [-0.2, 0) is 0 Å². The van der Waals surface area contributed by atoms with Crippen LogP contribution in [0.2, 0.25) is 0 Å². The van der Waals surface area contributed by atoms with Crippen LogP contribution in [0, 0.1) is 11.3 Å². The molecular weight excluding hydrogens is 234 g/mol. The van der Waals surface area contributed by atoms with Crippen molar-refractivity contribution in [2.45, 2.75) is 52.5 Å². The predicted molar refractivity (Wildman–Crippen MR) is 82.3 cm³/mol. The molecule has 1 aliphatic heterocycles. The number of piperazine rings is 1. The van der Waals surface area contributed by atoms with Crippen LogP contribution in [0.3, 0.4) is 0 Å². The number of nitrogens with two attached hydrogens (primary N) is 1. The molecule has 1 heterocycles. The smallest absolute Gasteiger partial charge is 0.0340 e. The number of rotatable bonds is 3. The van der Waals surface area contributed by atoms with E-state index in [1.54, 1.807) is 0 Å². The lowest BCUT2D eigenvalue weighted by molar-refractivity contribution is -0.0346. The van der Waals surface area contributed by atoms with Crippen LogP contribution < -0.4 is 5.73 Å². The first-order valence-corrected chi connectivity index (χ1v) is 8.08. The van der Waals surface area contributed by atoms with Gasteiger partial charge in [0.15, 0.2) is 0 Å². The molecule has 0 aromatic carbocycles. The molecular formula is C16H33N3. The molecule has 1 saturated heterocycles. The Morgan fingerprint density at radius 1 is 1.11 bits per heavy atom. The Labute approximate surface area is 119 Å². The average Bonchev–Trinajstić information content (AvgIpc) is 2.36. The molecule has 2 atom stereocenters. The Hall–Kier alpha value is -0.120. The first-order valence-electron chi connectivity index (χ1n) is 8.08. The lowest BCUT2D eigenvalue weighted by atomic mass is 9.63. The largest absolute Gasteiger partial charge is 0.329 e. The van der Waals surface area contributed by atoms with Crippen molar-refractivity contribution in [3.05, 3.63) is 0 Å². The second-order valence-corrected chi connectivity index (χ2v) is 7.70. The molecule has 0 spiro atoms. The Morgan fingerprint density at radius 2 is 1.74 bits per heavy atom. The van der Waals surface area contributed by atoms with Crippen LogP contribution in [0.4, 0.5) is 0 Å². The fraction of sp³-hybridized carbons (Fsp3) is 1.00. The van der Waals surface area contributed by atoms with Crippen molar-refractivity contribution in [1.29, 1.82) is 0 Å². The Morgan fingerprint density at radius 3 is 2.21 bits per heavy atom. The number of likely N-dealkylation sites (N-methyl/N-ethyl adjacent to an activating group) is 1. The quantitative estimate of drug-likeness (QED) is 0.850. The van der Waals surface area contributed by atoms with Crippen molar-refractivity contribution >= 4 is 0 Å². The van der Waals surface area contributed by atoms with Crippen molar-refractivity contribution in [2.24, 2.45) is 17.1 Å². The highest BCUT2D eigenvalue weighted by molar-refractivity contribution is 5.02. The molecule has 2 unspecified atom stereocenters. The fourth-order valence-electron chi connectivity index (χ4n) is 4.76. The summed E-state index contributed by atoms with van der Waals surface area (Å²) < 4.78 is 0. The topological polar surface area (TPSA) is 32.5 Å². The van der Waals surface area contributed by atoms with Crippen LogP contribution in [0.25, 0.3) is 0 Å². The molecule has 19 heavy (non-hydrogen) atoms. The minimum absolute atomic E-state index is 0.265. The summed E-state index contributed by atoms with van der Waals surface area (Å²) in [5, 5.41) is 0. The summed E-state index contributed by atoms with van der Waals surface area (Å²) >= 11 is 0. The van der Waals surface area contributed by atoms with E-state index in [0.717, 1.165) is 12.5 Å². The van der Waals surface area contributed by atoms with E-state index in [1.807, 2.05) is 0 Å². The molecule has 3 nitrogen and oxygen atoms in total. The molecule has 2 N–H and O–H groups in total. The van der Waals surface area contributed by atoms with Crippen LogP contribution in [-0.4, -0.2) is 54.6 Å². The van der Waals surface area contributed by atoms with Crippen LogP contribution in [0.5, 0.6) is 0 Å². The molecule has 0 aromatic rings. The SMILES string of the molecule is CCN1CCN(C2(CN)CC(C)CC(C)(C)C2)CC1. The summed E-state index contributed by atoms with van der Waals surface area (Å²) in [7, 11) is 0. The number of nitrogens with zero attached hydrogens (tertiary/aromatic N) is 2. The molecule has 0 bridgehead atoms. The highest BCUT2D eigenvalue weighted by atomic mass is 15.3. The molecule has 1 aliphatic carbocycles. The van der Waals surface area contributed by atoms with E-state index in [1.165, 1.54) is 52.0 Å². The lowest BCUT2D eigenvalue weighted by Gasteiger charge is -2.54. The van der Waals surface area contributed by atoms with Gasteiger partial charge in [-0.1, -0.05) is 27.7 Å². The Balaban J connectivity index is 2.09. The van der Waals surface area contributed by atoms with Crippen molar-refractivity contribution in [1.82, 2.24) is 9.80 Å². The van der Waals surface area contributed by atoms with Gasteiger partial charge in [0.05, 0.1) is 0 Å². The summed E-state index contributed by atoms with van der Waals surface area (Å²) in [4.78, 5) is 5.27. The van der Waals surface area contributed by atoms with E-state index < -0.39 is 0 Å². The second kappa shape index (κ2) is 5.71. The third-order valence-corrected chi connectivity index (χ3v) is 5.31. The lowest BCUT2D eigenvalue weighted by Crippen LogP contribution is -2.63. The molecule has 3 heteroatoms. The van der Waals surface area contributed by atoms with Gasteiger partial charge in [-0.3, -0.25) is 4.90 Å². The van der Waals surface area contributed by atoms with Gasteiger partial charge in [-0.25, -0.2) is 0 Å². The monoisotopic (exact) mass is 267 g/mol. The summed E-state index contributed by atoms with van der Waals surface area (Å²) in [6.07, 6.45) is 3.91. The normalized spacial score (nSPS) is 37.4. The van der Waals surface area contributed by atoms with Crippen LogP contribution >= 0.6 is 0 Å². The van der Waals surface area contributed by atoms with Gasteiger partial charge in [-0.15, -0.1) is 0 Å². The minimum Gasteiger partial charge on any atom is -0.329 e. The van der Waals surface area contributed by atoms with Crippen molar-refractivity contribution in [2.75, 3.05) is 39.3 Å². The Kier molecular flexibility index (Phi) is 4.59. The third kappa shape index (κ3) is 3.32. The summed E-state index contributed by atoms with van der Waals surface area (Å²) in [5.41, 5.74) is 6.97. The maximum atomic E-state index is 6.26. The van der Waals surface area contributed by atoms with E-state index in [2.05, 4.69) is 37.5 Å². The van der Waals surface area contributed by atoms with E-state index in [4.69, 9.17) is 5.73 Å². The van der Waals surface area contributed by atoms with Crippen molar-refractivity contribution in [3.63, 3.8) is 0 Å². The number of hydrogen-bond donors (Lipinski definition) is 1. The zero-order chi connectivity index (χ0) is 14.1. The standard InChI is InChI=1S/C16H33N3/c1-5-18-6-8-19(9-7-18)16(13-17)11-14(2)10-15(3,4)12-16/h14H,5-13,17H2,1-4H3. The van der Waals surface area contributed by atoms with E-state index in [9.17, 15) is 0 Å². The molecule has 2 fully saturated rings. The highest BCUT2D eigenvalue weighted by Crippen LogP contribution is 2.46.